The van der Waals surface area contributed by atoms with Gasteiger partial charge in [-0.15, -0.1) is 0 Å². The maximum Gasteiger partial charge on any atom is 0.420 e. The molecular formula is C20H34N2O7. The van der Waals surface area contributed by atoms with E-state index in [9.17, 15) is 19.2 Å². The predicted octanol–water partition coefficient (Wildman–Crippen LogP) is 3.10. The molecular weight excluding hydrogens is 380 g/mol. The van der Waals surface area contributed by atoms with Crippen molar-refractivity contribution in [1.29, 1.82) is 0 Å². The number of nitrogens with zero attached hydrogens (tertiary/aromatic N) is 2. The third kappa shape index (κ3) is 7.21. The molecule has 1 rings (SSSR count). The zero-order valence-corrected chi connectivity index (χ0v) is 18.7. The molecule has 1 aliphatic heterocycles. The fraction of sp³-hybridized carbons (Fsp3) is 0.800. The van der Waals surface area contributed by atoms with Crippen LogP contribution in [0.5, 0.6) is 0 Å². The molecule has 166 valence electrons. The molecule has 1 aliphatic rings. The lowest BCUT2D eigenvalue weighted by Gasteiger charge is -2.39. The molecule has 0 saturated carbocycles. The summed E-state index contributed by atoms with van der Waals surface area (Å²) in [4.78, 5) is 52.8. The molecule has 0 unspecified atom stereocenters. The van der Waals surface area contributed by atoms with Crippen LogP contribution in [0.2, 0.25) is 0 Å². The van der Waals surface area contributed by atoms with Crippen molar-refractivity contribution < 1.29 is 33.4 Å². The number of esters is 1. The second kappa shape index (κ2) is 9.45. The highest BCUT2D eigenvalue weighted by Crippen LogP contribution is 2.24. The molecule has 0 aromatic carbocycles. The molecule has 1 heterocycles. The minimum absolute atomic E-state index is 0.191. The summed E-state index contributed by atoms with van der Waals surface area (Å²) in [6.45, 7) is 13.7. The molecule has 0 N–H and O–H groups in total. The van der Waals surface area contributed by atoms with Gasteiger partial charge >= 0.3 is 18.2 Å². The van der Waals surface area contributed by atoms with Crippen LogP contribution in [0.4, 0.5) is 9.59 Å². The van der Waals surface area contributed by atoms with Crippen molar-refractivity contribution in [3.05, 3.63) is 0 Å². The first kappa shape index (κ1) is 24.7. The smallest absolute Gasteiger partial charge is 0.420 e. The van der Waals surface area contributed by atoms with Gasteiger partial charge in [-0.3, -0.25) is 4.79 Å². The van der Waals surface area contributed by atoms with Gasteiger partial charge in [0.2, 0.25) is 5.91 Å². The van der Waals surface area contributed by atoms with Crippen molar-refractivity contribution in [2.45, 2.75) is 91.5 Å². The van der Waals surface area contributed by atoms with Gasteiger partial charge in [0.05, 0.1) is 6.61 Å². The first-order valence-electron chi connectivity index (χ1n) is 9.90. The highest BCUT2D eigenvalue weighted by Gasteiger charge is 2.45. The molecule has 0 radical (unpaired) electrons. The lowest BCUT2D eigenvalue weighted by atomic mass is 10.0. The topological polar surface area (TPSA) is 102 Å². The SMILES string of the molecule is CCOC(=O)[C@H](C)N1CCC[C@@H](N(C(=O)OC(C)(C)C)C(=O)OC(C)(C)C)C1=O. The maximum atomic E-state index is 13.1. The maximum absolute atomic E-state index is 13.1. The highest BCUT2D eigenvalue weighted by atomic mass is 16.6. The molecule has 0 aliphatic carbocycles. The predicted molar refractivity (Wildman–Crippen MR) is 105 cm³/mol. The highest BCUT2D eigenvalue weighted by molar-refractivity contribution is 5.97. The van der Waals surface area contributed by atoms with Crippen LogP contribution in [0.1, 0.15) is 68.2 Å². The molecule has 0 aromatic rings. The summed E-state index contributed by atoms with van der Waals surface area (Å²) in [6, 6.07) is -1.95. The average molecular weight is 414 g/mol. The number of imide groups is 1. The van der Waals surface area contributed by atoms with E-state index in [0.29, 0.717) is 13.0 Å². The minimum atomic E-state index is -1.12. The van der Waals surface area contributed by atoms with Crippen molar-refractivity contribution in [2.75, 3.05) is 13.2 Å². The number of rotatable bonds is 4. The van der Waals surface area contributed by atoms with Crippen molar-refractivity contribution in [3.8, 4) is 0 Å². The van der Waals surface area contributed by atoms with Crippen molar-refractivity contribution >= 4 is 24.1 Å². The Hall–Kier alpha value is -2.32. The molecule has 9 nitrogen and oxygen atoms in total. The van der Waals surface area contributed by atoms with Gasteiger partial charge in [0.15, 0.2) is 0 Å². The van der Waals surface area contributed by atoms with Crippen molar-refractivity contribution in [2.24, 2.45) is 0 Å². The van der Waals surface area contributed by atoms with E-state index in [4.69, 9.17) is 14.2 Å². The lowest BCUT2D eigenvalue weighted by Crippen LogP contribution is -2.60. The molecule has 0 aromatic heterocycles. The summed E-state index contributed by atoms with van der Waals surface area (Å²) in [6.07, 6.45) is -1.17. The van der Waals surface area contributed by atoms with Crippen LogP contribution < -0.4 is 0 Å². The number of amides is 3. The second-order valence-electron chi connectivity index (χ2n) is 8.95. The summed E-state index contributed by atoms with van der Waals surface area (Å²) < 4.78 is 15.7. The van der Waals surface area contributed by atoms with Crippen LogP contribution >= 0.6 is 0 Å². The van der Waals surface area contributed by atoms with Gasteiger partial charge < -0.3 is 19.1 Å². The fourth-order valence-corrected chi connectivity index (χ4v) is 2.85. The fourth-order valence-electron chi connectivity index (χ4n) is 2.85. The number of hydrogen-bond donors (Lipinski definition) is 0. The molecule has 3 amide bonds. The quantitative estimate of drug-likeness (QED) is 0.514. The summed E-state index contributed by atoms with van der Waals surface area (Å²) in [7, 11) is 0. The van der Waals surface area contributed by atoms with Gasteiger partial charge in [-0.05, 0) is 68.2 Å². The number of hydrogen-bond acceptors (Lipinski definition) is 7. The van der Waals surface area contributed by atoms with E-state index < -0.39 is 47.3 Å². The molecule has 0 bridgehead atoms. The Labute approximate surface area is 172 Å². The monoisotopic (exact) mass is 414 g/mol. The van der Waals surface area contributed by atoms with Crippen LogP contribution in [0.25, 0.3) is 0 Å². The standard InChI is InChI=1S/C20H34N2O7/c1-9-27-16(24)13(2)21-12-10-11-14(15(21)23)22(17(25)28-19(3,4)5)18(26)29-20(6,7)8/h13-14H,9-12H2,1-8H3/t13-,14+/m0/s1. The van der Waals surface area contributed by atoms with E-state index >= 15 is 0 Å². The molecule has 9 heteroatoms. The van der Waals surface area contributed by atoms with E-state index in [0.717, 1.165) is 4.90 Å². The van der Waals surface area contributed by atoms with E-state index in [2.05, 4.69) is 0 Å². The Morgan fingerprint density at radius 1 is 1.07 bits per heavy atom. The van der Waals surface area contributed by atoms with E-state index in [-0.39, 0.29) is 13.0 Å². The molecule has 1 saturated heterocycles. The Balaban J connectivity index is 3.18. The minimum Gasteiger partial charge on any atom is -0.464 e. The zero-order valence-electron chi connectivity index (χ0n) is 18.7. The van der Waals surface area contributed by atoms with Crippen LogP contribution in [0, 0.1) is 0 Å². The van der Waals surface area contributed by atoms with Gasteiger partial charge in [0, 0.05) is 6.54 Å². The molecule has 29 heavy (non-hydrogen) atoms. The van der Waals surface area contributed by atoms with Gasteiger partial charge in [0.25, 0.3) is 0 Å². The van der Waals surface area contributed by atoms with Crippen LogP contribution in [0.15, 0.2) is 0 Å². The van der Waals surface area contributed by atoms with Gasteiger partial charge in [0.1, 0.15) is 23.3 Å². The third-order valence-corrected chi connectivity index (χ3v) is 4.03. The summed E-state index contributed by atoms with van der Waals surface area (Å²) in [5, 5.41) is 0. The second-order valence-corrected chi connectivity index (χ2v) is 8.95. The van der Waals surface area contributed by atoms with Crippen LogP contribution in [-0.2, 0) is 23.8 Å². The number of likely N-dealkylation sites (tertiary alicyclic amines) is 1. The largest absolute Gasteiger partial charge is 0.464 e. The third-order valence-electron chi connectivity index (χ3n) is 4.03. The zero-order chi connectivity index (χ0) is 22.6. The lowest BCUT2D eigenvalue weighted by molar-refractivity contribution is -0.157. The van der Waals surface area contributed by atoms with Crippen LogP contribution in [0.3, 0.4) is 0 Å². The number of carbonyl (C=O) groups is 4. The number of carbonyl (C=O) groups excluding carboxylic acids is 4. The molecule has 2 atom stereocenters. The van der Waals surface area contributed by atoms with E-state index in [1.54, 1.807) is 55.4 Å². The number of ether oxygens (including phenoxy) is 3. The Morgan fingerprint density at radius 3 is 1.97 bits per heavy atom. The Morgan fingerprint density at radius 2 is 1.55 bits per heavy atom. The summed E-state index contributed by atoms with van der Waals surface area (Å²) >= 11 is 0. The molecule has 1 fully saturated rings. The van der Waals surface area contributed by atoms with Crippen LogP contribution in [-0.4, -0.2) is 70.3 Å². The summed E-state index contributed by atoms with van der Waals surface area (Å²) in [5.41, 5.74) is -1.74. The van der Waals surface area contributed by atoms with Gasteiger partial charge in [-0.2, -0.15) is 4.90 Å². The average Bonchev–Trinajstić information content (AvgIpc) is 2.53. The van der Waals surface area contributed by atoms with Crippen molar-refractivity contribution in [3.63, 3.8) is 0 Å². The first-order chi connectivity index (χ1) is 13.2. The van der Waals surface area contributed by atoms with E-state index in [1.807, 2.05) is 0 Å². The van der Waals surface area contributed by atoms with Gasteiger partial charge in [-0.25, -0.2) is 14.4 Å². The Kier molecular flexibility index (Phi) is 8.06. The van der Waals surface area contributed by atoms with Crippen molar-refractivity contribution in [1.82, 2.24) is 9.80 Å². The Bertz CT molecular complexity index is 606. The first-order valence-corrected chi connectivity index (χ1v) is 9.90. The number of piperidine rings is 1. The normalized spacial score (nSPS) is 18.7. The van der Waals surface area contributed by atoms with E-state index in [1.165, 1.54) is 4.90 Å². The molecule has 0 spiro atoms. The van der Waals surface area contributed by atoms with Gasteiger partial charge in [-0.1, -0.05) is 0 Å². The summed E-state index contributed by atoms with van der Waals surface area (Å²) in [5.74, 6) is -1.06.